The van der Waals surface area contributed by atoms with Crippen molar-refractivity contribution in [2.45, 2.75) is 11.3 Å². The third kappa shape index (κ3) is 1.53. The van der Waals surface area contributed by atoms with Crippen molar-refractivity contribution in [3.8, 4) is 0 Å². The Balaban J connectivity index is 2.43. The summed E-state index contributed by atoms with van der Waals surface area (Å²) in [6.45, 7) is 0.710. The molecule has 0 radical (unpaired) electrons. The fraction of sp³-hybridized carbons (Fsp3) is 0.200. The summed E-state index contributed by atoms with van der Waals surface area (Å²) in [6.07, 6.45) is 2.17. The van der Waals surface area contributed by atoms with Gasteiger partial charge in [0.25, 0.3) is 0 Å². The average Bonchev–Trinajstić information content (AvgIpc) is 2.72. The first kappa shape index (κ1) is 9.27. The quantitative estimate of drug-likeness (QED) is 0.798. The summed E-state index contributed by atoms with van der Waals surface area (Å²) in [6, 6.07) is 8.51. The first-order valence-electron chi connectivity index (χ1n) is 4.44. The summed E-state index contributed by atoms with van der Waals surface area (Å²) in [5.41, 5.74) is 0. The van der Waals surface area contributed by atoms with Gasteiger partial charge in [0.15, 0.2) is 0 Å². The lowest BCUT2D eigenvalue weighted by Gasteiger charge is -2.03. The Labute approximate surface area is 83.4 Å². The predicted molar refractivity (Wildman–Crippen MR) is 54.3 cm³/mol. The summed E-state index contributed by atoms with van der Waals surface area (Å²) < 4.78 is 23.9. The highest BCUT2D eigenvalue weighted by Gasteiger charge is 2.22. The van der Waals surface area contributed by atoms with Crippen LogP contribution in [0.2, 0.25) is 0 Å². The van der Waals surface area contributed by atoms with Gasteiger partial charge >= 0.3 is 0 Å². The minimum Gasteiger partial charge on any atom is -0.390 e. The molecule has 1 aromatic carbocycles. The summed E-state index contributed by atoms with van der Waals surface area (Å²) in [5, 5.41) is 2.91. The second kappa shape index (κ2) is 3.46. The van der Waals surface area contributed by atoms with E-state index in [1.54, 1.807) is 36.5 Å². The van der Waals surface area contributed by atoms with Crippen LogP contribution in [0, 0.1) is 0 Å². The maximum Gasteiger partial charge on any atom is 0.204 e. The molecule has 0 saturated heterocycles. The monoisotopic (exact) mass is 209 g/mol. The van der Waals surface area contributed by atoms with Crippen LogP contribution in [-0.4, -0.2) is 15.0 Å². The van der Waals surface area contributed by atoms with Crippen molar-refractivity contribution < 1.29 is 8.42 Å². The van der Waals surface area contributed by atoms with Crippen LogP contribution >= 0.6 is 0 Å². The van der Waals surface area contributed by atoms with E-state index in [2.05, 4.69) is 5.32 Å². The summed E-state index contributed by atoms with van der Waals surface area (Å²) in [5.74, 6) is 0. The Kier molecular flexibility index (Phi) is 2.29. The summed E-state index contributed by atoms with van der Waals surface area (Å²) >= 11 is 0. The number of nitrogens with one attached hydrogen (secondary N) is 1. The highest BCUT2D eigenvalue weighted by Crippen LogP contribution is 2.22. The van der Waals surface area contributed by atoms with Crippen LogP contribution in [0.3, 0.4) is 0 Å². The molecular formula is C10H11NO2S. The van der Waals surface area contributed by atoms with E-state index >= 15 is 0 Å². The van der Waals surface area contributed by atoms with Gasteiger partial charge in [0.05, 0.1) is 9.80 Å². The van der Waals surface area contributed by atoms with E-state index < -0.39 is 9.84 Å². The molecule has 0 bridgehead atoms. The van der Waals surface area contributed by atoms with E-state index in [-0.39, 0.29) is 0 Å². The minimum atomic E-state index is -3.24. The van der Waals surface area contributed by atoms with Gasteiger partial charge in [0.1, 0.15) is 0 Å². The molecule has 0 saturated carbocycles. The van der Waals surface area contributed by atoms with Gasteiger partial charge in [-0.1, -0.05) is 18.2 Å². The lowest BCUT2D eigenvalue weighted by molar-refractivity contribution is 0.601. The summed E-state index contributed by atoms with van der Waals surface area (Å²) in [4.78, 5) is 0.846. The van der Waals surface area contributed by atoms with Crippen LogP contribution in [0.4, 0.5) is 0 Å². The molecule has 0 amide bonds. The van der Waals surface area contributed by atoms with Crippen molar-refractivity contribution in [2.24, 2.45) is 0 Å². The first-order chi connectivity index (χ1) is 6.71. The zero-order valence-electron chi connectivity index (χ0n) is 7.60. The molecular weight excluding hydrogens is 198 g/mol. The number of benzene rings is 1. The molecule has 1 aliphatic heterocycles. The van der Waals surface area contributed by atoms with Crippen LogP contribution in [0.25, 0.3) is 0 Å². The molecule has 0 aromatic heterocycles. The van der Waals surface area contributed by atoms with Crippen LogP contribution in [-0.2, 0) is 9.84 Å². The Morgan fingerprint density at radius 3 is 2.43 bits per heavy atom. The van der Waals surface area contributed by atoms with Gasteiger partial charge in [-0.3, -0.25) is 0 Å². The molecule has 2 rings (SSSR count). The molecule has 0 unspecified atom stereocenters. The Hall–Kier alpha value is -1.29. The third-order valence-electron chi connectivity index (χ3n) is 2.18. The summed E-state index contributed by atoms with van der Waals surface area (Å²) in [7, 11) is -3.24. The second-order valence-corrected chi connectivity index (χ2v) is 5.13. The van der Waals surface area contributed by atoms with E-state index in [0.717, 1.165) is 0 Å². The number of hydrogen-bond donors (Lipinski definition) is 1. The van der Waals surface area contributed by atoms with Crippen molar-refractivity contribution in [2.75, 3.05) is 6.54 Å². The van der Waals surface area contributed by atoms with E-state index in [1.807, 2.05) is 0 Å². The Morgan fingerprint density at radius 1 is 1.14 bits per heavy atom. The first-order valence-corrected chi connectivity index (χ1v) is 5.92. The fourth-order valence-corrected chi connectivity index (χ4v) is 2.84. The Morgan fingerprint density at radius 2 is 1.86 bits per heavy atom. The van der Waals surface area contributed by atoms with Crippen molar-refractivity contribution in [3.63, 3.8) is 0 Å². The van der Waals surface area contributed by atoms with Gasteiger partial charge in [0.2, 0.25) is 9.84 Å². The van der Waals surface area contributed by atoms with E-state index in [4.69, 9.17) is 0 Å². The fourth-order valence-electron chi connectivity index (χ4n) is 1.42. The molecule has 0 spiro atoms. The van der Waals surface area contributed by atoms with Gasteiger partial charge in [-0.25, -0.2) is 8.42 Å². The average molecular weight is 209 g/mol. The van der Waals surface area contributed by atoms with Crippen molar-refractivity contribution in [1.82, 2.24) is 5.32 Å². The molecule has 1 aliphatic rings. The van der Waals surface area contributed by atoms with Crippen LogP contribution in [0.1, 0.15) is 6.42 Å². The highest BCUT2D eigenvalue weighted by molar-refractivity contribution is 7.95. The highest BCUT2D eigenvalue weighted by atomic mass is 32.2. The van der Waals surface area contributed by atoms with Crippen molar-refractivity contribution in [1.29, 1.82) is 0 Å². The minimum absolute atomic E-state index is 0.370. The molecule has 1 aromatic rings. The smallest absolute Gasteiger partial charge is 0.204 e. The largest absolute Gasteiger partial charge is 0.390 e. The number of sulfone groups is 1. The third-order valence-corrected chi connectivity index (χ3v) is 4.08. The Bertz CT molecular complexity index is 448. The normalized spacial score (nSPS) is 16.1. The molecule has 0 aliphatic carbocycles. The second-order valence-electron chi connectivity index (χ2n) is 3.13. The van der Waals surface area contributed by atoms with Gasteiger partial charge in [0, 0.05) is 19.2 Å². The molecule has 1 heterocycles. The molecule has 4 heteroatoms. The zero-order valence-corrected chi connectivity index (χ0v) is 8.42. The molecule has 0 fully saturated rings. The van der Waals surface area contributed by atoms with Crippen molar-refractivity contribution >= 4 is 9.84 Å². The van der Waals surface area contributed by atoms with Crippen LogP contribution < -0.4 is 5.32 Å². The molecule has 14 heavy (non-hydrogen) atoms. The van der Waals surface area contributed by atoms with E-state index in [0.29, 0.717) is 22.8 Å². The zero-order chi connectivity index (χ0) is 10.0. The lowest BCUT2D eigenvalue weighted by Crippen LogP contribution is -2.03. The lowest BCUT2D eigenvalue weighted by atomic mass is 10.4. The molecule has 1 N–H and O–H groups in total. The van der Waals surface area contributed by atoms with Crippen LogP contribution in [0.5, 0.6) is 0 Å². The maximum absolute atomic E-state index is 11.9. The van der Waals surface area contributed by atoms with Crippen LogP contribution in [0.15, 0.2) is 46.3 Å². The number of hydrogen-bond acceptors (Lipinski definition) is 3. The van der Waals surface area contributed by atoms with Gasteiger partial charge in [-0.05, 0) is 12.1 Å². The van der Waals surface area contributed by atoms with E-state index in [9.17, 15) is 8.42 Å². The van der Waals surface area contributed by atoms with E-state index in [1.165, 1.54) is 0 Å². The topological polar surface area (TPSA) is 46.2 Å². The maximum atomic E-state index is 11.9. The molecule has 0 atom stereocenters. The molecule has 74 valence electrons. The van der Waals surface area contributed by atoms with Crippen molar-refractivity contribution in [3.05, 3.63) is 41.4 Å². The van der Waals surface area contributed by atoms with Gasteiger partial charge in [-0.2, -0.15) is 0 Å². The van der Waals surface area contributed by atoms with Gasteiger partial charge in [-0.15, -0.1) is 0 Å². The van der Waals surface area contributed by atoms with Gasteiger partial charge < -0.3 is 5.32 Å². The number of rotatable bonds is 2. The molecule has 3 nitrogen and oxygen atoms in total. The SMILES string of the molecule is O=S(=O)(C1=CNCC1)c1ccccc1. The predicted octanol–water partition coefficient (Wildman–Crippen LogP) is 1.29. The standard InChI is InChI=1S/C10H11NO2S/c12-14(13,10-6-7-11-8-10)9-4-2-1-3-5-9/h1-5,8,11H,6-7H2.